The van der Waals surface area contributed by atoms with Gasteiger partial charge in [-0.3, -0.25) is 0 Å². The second-order valence-electron chi connectivity index (χ2n) is 3.97. The number of ether oxygens (including phenoxy) is 1. The Bertz CT molecular complexity index is 142. The molecule has 0 heterocycles. The van der Waals surface area contributed by atoms with Gasteiger partial charge in [0.05, 0.1) is 0 Å². The van der Waals surface area contributed by atoms with Gasteiger partial charge in [-0.2, -0.15) is 0 Å². The van der Waals surface area contributed by atoms with Crippen molar-refractivity contribution in [2.75, 3.05) is 11.7 Å². The predicted octanol–water partition coefficient (Wildman–Crippen LogP) is 3.38. The van der Waals surface area contributed by atoms with E-state index in [1.54, 1.807) is 0 Å². The van der Waals surface area contributed by atoms with Crippen molar-refractivity contribution in [2.24, 2.45) is 0 Å². The van der Waals surface area contributed by atoms with Crippen LogP contribution in [0.1, 0.15) is 6.92 Å². The summed E-state index contributed by atoms with van der Waals surface area (Å²) in [4.78, 5) is 0. The zero-order chi connectivity index (χ0) is 9.61. The first-order chi connectivity index (χ1) is 5.42. The molecule has 0 fully saturated rings. The molecule has 0 aliphatic rings. The topological polar surface area (TPSA) is 9.23 Å². The Hall–Kier alpha value is 0.457. The third-order valence-electron chi connectivity index (χ3n) is 1.34. The third-order valence-corrected chi connectivity index (χ3v) is 4.35. The van der Waals surface area contributed by atoms with E-state index in [1.165, 1.54) is 11.8 Å². The fourth-order valence-corrected chi connectivity index (χ4v) is 4.10. The van der Waals surface area contributed by atoms with Gasteiger partial charge in [0.25, 0.3) is 0 Å². The van der Waals surface area contributed by atoms with Crippen LogP contribution in [0.25, 0.3) is 0 Å². The fourth-order valence-electron chi connectivity index (χ4n) is 0.562. The van der Waals surface area contributed by atoms with Crippen molar-refractivity contribution in [2.45, 2.75) is 32.6 Å². The predicted molar refractivity (Wildman–Crippen MR) is 64.8 cm³/mol. The van der Waals surface area contributed by atoms with E-state index < -0.39 is 8.07 Å². The quantitative estimate of drug-likeness (QED) is 0.305. The molecule has 0 rings (SSSR count). The molecule has 0 aliphatic carbocycles. The smallest absolute Gasteiger partial charge is 0.157 e. The monoisotopic (exact) mass is 222 g/mol. The second-order valence-corrected chi connectivity index (χ2v) is 11.2. The van der Waals surface area contributed by atoms with Crippen LogP contribution in [0, 0.1) is 0 Å². The third kappa shape index (κ3) is 10.5. The molecule has 1 nitrogen and oxygen atoms in total. The Morgan fingerprint density at radius 1 is 1.42 bits per heavy atom. The molecule has 0 atom stereocenters. The largest absolute Gasteiger partial charge is 0.477 e. The molecule has 0 radical (unpaired) electrons. The van der Waals surface area contributed by atoms with E-state index in [9.17, 15) is 0 Å². The number of hydrogen-bond donors (Lipinski definition) is 0. The summed E-state index contributed by atoms with van der Waals surface area (Å²) in [6.07, 6.45) is 0. The molecule has 0 aromatic heterocycles. The molecular formula is C8H18OS2Si. The highest BCUT2D eigenvalue weighted by Crippen LogP contribution is 2.13. The number of thiocarbonyl (C=S) groups is 1. The number of hydrogen-bond acceptors (Lipinski definition) is 3. The van der Waals surface area contributed by atoms with Crippen LogP contribution in [0.15, 0.2) is 0 Å². The molecular weight excluding hydrogens is 204 g/mol. The van der Waals surface area contributed by atoms with E-state index in [0.717, 1.165) is 5.94 Å². The van der Waals surface area contributed by atoms with Crippen LogP contribution >= 0.6 is 24.0 Å². The average Bonchev–Trinajstić information content (AvgIpc) is 1.83. The lowest BCUT2D eigenvalue weighted by atomic mass is 10.9. The van der Waals surface area contributed by atoms with Gasteiger partial charge in [0.2, 0.25) is 0 Å². The molecule has 0 N–H and O–H groups in total. The van der Waals surface area contributed by atoms with Crippen LogP contribution in [0.3, 0.4) is 0 Å². The van der Waals surface area contributed by atoms with Crippen LogP contribution in [0.2, 0.25) is 25.7 Å². The summed E-state index contributed by atoms with van der Waals surface area (Å²) in [5.41, 5.74) is 0. The van der Waals surface area contributed by atoms with Crippen LogP contribution < -0.4 is 0 Å². The first-order valence-electron chi connectivity index (χ1n) is 4.13. The van der Waals surface area contributed by atoms with E-state index in [1.807, 2.05) is 18.7 Å². The highest BCUT2D eigenvalue weighted by molar-refractivity contribution is 7.99. The first kappa shape index (κ1) is 12.5. The molecule has 0 saturated carbocycles. The van der Waals surface area contributed by atoms with Gasteiger partial charge in [-0.05, 0) is 24.0 Å². The Morgan fingerprint density at radius 3 is 2.42 bits per heavy atom. The van der Waals surface area contributed by atoms with E-state index in [4.69, 9.17) is 17.0 Å². The lowest BCUT2D eigenvalue weighted by Gasteiger charge is -2.14. The molecule has 0 aliphatic heterocycles. The molecule has 0 amide bonds. The molecule has 72 valence electrons. The molecule has 12 heavy (non-hydrogen) atoms. The summed E-state index contributed by atoms with van der Waals surface area (Å²) in [5, 5.41) is 0.649. The summed E-state index contributed by atoms with van der Waals surface area (Å²) in [6, 6.07) is 1.36. The van der Waals surface area contributed by atoms with Crippen molar-refractivity contribution >= 4 is 37.1 Å². The van der Waals surface area contributed by atoms with Crippen LogP contribution in [-0.2, 0) is 4.74 Å². The summed E-state index contributed by atoms with van der Waals surface area (Å²) in [5.74, 6) is 1.93. The Labute approximate surface area is 86.3 Å². The van der Waals surface area contributed by atoms with E-state index in [2.05, 4.69) is 19.6 Å². The van der Waals surface area contributed by atoms with E-state index >= 15 is 0 Å². The van der Waals surface area contributed by atoms with Crippen molar-refractivity contribution in [1.82, 2.24) is 0 Å². The maximum absolute atomic E-state index is 5.17. The van der Waals surface area contributed by atoms with E-state index in [-0.39, 0.29) is 0 Å². The van der Waals surface area contributed by atoms with Crippen LogP contribution in [-0.4, -0.2) is 24.8 Å². The standard InChI is InChI=1S/C8H18OS2Si/c1-8(10)9-7-11-5-6-12(2,3)4/h5-7H2,1-4H3. The van der Waals surface area contributed by atoms with Gasteiger partial charge in [-0.25, -0.2) is 0 Å². The minimum Gasteiger partial charge on any atom is -0.477 e. The lowest BCUT2D eigenvalue weighted by molar-refractivity contribution is 0.389. The zero-order valence-electron chi connectivity index (χ0n) is 8.35. The molecule has 0 bridgehead atoms. The lowest BCUT2D eigenvalue weighted by Crippen LogP contribution is -2.20. The number of thioether (sulfide) groups is 1. The van der Waals surface area contributed by atoms with Gasteiger partial charge < -0.3 is 4.74 Å². The zero-order valence-corrected chi connectivity index (χ0v) is 11.0. The summed E-state index contributed by atoms with van der Waals surface area (Å²) in [6.45, 7) is 8.98. The highest BCUT2D eigenvalue weighted by Gasteiger charge is 2.11. The molecule has 0 aromatic carbocycles. The highest BCUT2D eigenvalue weighted by atomic mass is 32.2. The van der Waals surface area contributed by atoms with Gasteiger partial charge in [-0.15, -0.1) is 11.8 Å². The van der Waals surface area contributed by atoms with Gasteiger partial charge in [0, 0.05) is 15.0 Å². The van der Waals surface area contributed by atoms with Crippen molar-refractivity contribution in [3.05, 3.63) is 0 Å². The van der Waals surface area contributed by atoms with Crippen molar-refractivity contribution < 1.29 is 4.74 Å². The second kappa shape index (κ2) is 5.99. The molecule has 0 aromatic rings. The normalized spacial score (nSPS) is 11.3. The van der Waals surface area contributed by atoms with Gasteiger partial charge in [0.1, 0.15) is 5.94 Å². The van der Waals surface area contributed by atoms with Crippen LogP contribution in [0.4, 0.5) is 0 Å². The first-order valence-corrected chi connectivity index (χ1v) is 9.40. The summed E-state index contributed by atoms with van der Waals surface area (Å²) in [7, 11) is -0.844. The average molecular weight is 222 g/mol. The van der Waals surface area contributed by atoms with Gasteiger partial charge >= 0.3 is 0 Å². The molecule has 0 spiro atoms. The Kier molecular flexibility index (Phi) is 6.22. The minimum atomic E-state index is -0.844. The summed E-state index contributed by atoms with van der Waals surface area (Å²) >= 11 is 6.63. The van der Waals surface area contributed by atoms with Gasteiger partial charge in [-0.1, -0.05) is 19.6 Å². The van der Waals surface area contributed by atoms with Crippen molar-refractivity contribution in [3.63, 3.8) is 0 Å². The fraction of sp³-hybridized carbons (Fsp3) is 0.875. The van der Waals surface area contributed by atoms with E-state index in [0.29, 0.717) is 5.05 Å². The number of rotatable bonds is 5. The SMILES string of the molecule is CC(=S)OCSCC[Si](C)(C)C. The molecule has 0 unspecified atom stereocenters. The van der Waals surface area contributed by atoms with Gasteiger partial charge in [0.15, 0.2) is 5.05 Å². The molecule has 4 heteroatoms. The Morgan fingerprint density at radius 2 is 2.00 bits per heavy atom. The maximum atomic E-state index is 5.17. The van der Waals surface area contributed by atoms with Crippen molar-refractivity contribution in [1.29, 1.82) is 0 Å². The maximum Gasteiger partial charge on any atom is 0.157 e. The molecule has 0 saturated heterocycles. The Balaban J connectivity index is 3.17. The minimum absolute atomic E-state index is 0.649. The van der Waals surface area contributed by atoms with Crippen LogP contribution in [0.5, 0.6) is 0 Å². The van der Waals surface area contributed by atoms with Crippen molar-refractivity contribution in [3.8, 4) is 0 Å². The summed E-state index contributed by atoms with van der Waals surface area (Å²) < 4.78 is 5.17.